The number of amides is 3. The Labute approximate surface area is 189 Å². The van der Waals surface area contributed by atoms with Crippen molar-refractivity contribution in [1.29, 1.82) is 0 Å². The molecule has 0 bridgehead atoms. The average molecular weight is 438 g/mol. The SMILES string of the molecule is COc1ccc(CNC(=O)[C@H]2CCCN(C(=O)N3C[C@H](C)Oc4ccc(C)cc43)C2)cc1. The van der Waals surface area contributed by atoms with Crippen LogP contribution in [0.15, 0.2) is 42.5 Å². The molecule has 1 saturated heterocycles. The number of nitrogens with one attached hydrogen (secondary N) is 1. The highest BCUT2D eigenvalue weighted by molar-refractivity contribution is 5.95. The molecule has 2 aromatic carbocycles. The van der Waals surface area contributed by atoms with Crippen LogP contribution in [0.1, 0.15) is 30.9 Å². The third-order valence-electron chi connectivity index (χ3n) is 6.09. The normalized spacial score (nSPS) is 20.2. The third kappa shape index (κ3) is 4.82. The summed E-state index contributed by atoms with van der Waals surface area (Å²) in [5, 5.41) is 3.02. The van der Waals surface area contributed by atoms with Crippen molar-refractivity contribution in [2.75, 3.05) is 31.6 Å². The minimum atomic E-state index is -0.207. The van der Waals surface area contributed by atoms with E-state index < -0.39 is 0 Å². The number of carbonyl (C=O) groups excluding carboxylic acids is 2. The predicted octanol–water partition coefficient (Wildman–Crippen LogP) is 3.74. The molecule has 2 aliphatic rings. The van der Waals surface area contributed by atoms with Gasteiger partial charge in [-0.25, -0.2) is 4.79 Å². The molecule has 0 unspecified atom stereocenters. The number of aryl methyl sites for hydroxylation is 1. The van der Waals surface area contributed by atoms with Crippen LogP contribution in [0, 0.1) is 12.8 Å². The molecule has 32 heavy (non-hydrogen) atoms. The molecule has 7 heteroatoms. The number of methoxy groups -OCH3 is 1. The molecule has 2 heterocycles. The standard InChI is InChI=1S/C25H31N3O4/c1-17-6-11-23-22(13-17)28(15-18(2)32-23)25(30)27-12-4-5-20(16-27)24(29)26-14-19-7-9-21(31-3)10-8-19/h6-11,13,18,20H,4-5,12,14-16H2,1-3H3,(H,26,29)/t18-,20-/m0/s1. The second-order valence-electron chi connectivity index (χ2n) is 8.64. The highest BCUT2D eigenvalue weighted by atomic mass is 16.5. The highest BCUT2D eigenvalue weighted by Gasteiger charge is 2.34. The van der Waals surface area contributed by atoms with Gasteiger partial charge in [-0.3, -0.25) is 9.69 Å². The van der Waals surface area contributed by atoms with E-state index in [1.165, 1.54) is 0 Å². The third-order valence-corrected chi connectivity index (χ3v) is 6.09. The second kappa shape index (κ2) is 9.51. The maximum Gasteiger partial charge on any atom is 0.324 e. The van der Waals surface area contributed by atoms with Gasteiger partial charge in [0, 0.05) is 19.6 Å². The number of nitrogens with zero attached hydrogens (tertiary/aromatic N) is 2. The summed E-state index contributed by atoms with van der Waals surface area (Å²) in [6.45, 7) is 6.02. The summed E-state index contributed by atoms with van der Waals surface area (Å²) in [6, 6.07) is 13.5. The number of likely N-dealkylation sites (tertiary alicyclic amines) is 1. The van der Waals surface area contributed by atoms with Crippen molar-refractivity contribution >= 4 is 17.6 Å². The Bertz CT molecular complexity index is 976. The van der Waals surface area contributed by atoms with Gasteiger partial charge in [0.05, 0.1) is 25.3 Å². The van der Waals surface area contributed by atoms with Gasteiger partial charge < -0.3 is 19.7 Å². The number of anilines is 1. The van der Waals surface area contributed by atoms with Gasteiger partial charge in [-0.15, -0.1) is 0 Å². The molecule has 7 nitrogen and oxygen atoms in total. The van der Waals surface area contributed by atoms with Crippen LogP contribution >= 0.6 is 0 Å². The number of ether oxygens (including phenoxy) is 2. The number of fused-ring (bicyclic) bond motifs is 1. The van der Waals surface area contributed by atoms with Gasteiger partial charge in [0.25, 0.3) is 0 Å². The Hall–Kier alpha value is -3.22. The van der Waals surface area contributed by atoms with Gasteiger partial charge in [-0.05, 0) is 62.1 Å². The lowest BCUT2D eigenvalue weighted by molar-refractivity contribution is -0.126. The fraction of sp³-hybridized carbons (Fsp3) is 0.440. The van der Waals surface area contributed by atoms with E-state index in [1.807, 2.05) is 61.2 Å². The molecule has 170 valence electrons. The Morgan fingerprint density at radius 1 is 1.16 bits per heavy atom. The molecule has 0 saturated carbocycles. The van der Waals surface area contributed by atoms with Crippen molar-refractivity contribution < 1.29 is 19.1 Å². The summed E-state index contributed by atoms with van der Waals surface area (Å²) in [7, 11) is 1.63. The minimum Gasteiger partial charge on any atom is -0.497 e. The van der Waals surface area contributed by atoms with Crippen LogP contribution in [-0.4, -0.2) is 49.7 Å². The second-order valence-corrected chi connectivity index (χ2v) is 8.64. The number of benzene rings is 2. The van der Waals surface area contributed by atoms with Crippen molar-refractivity contribution in [3.8, 4) is 11.5 Å². The Kier molecular flexibility index (Phi) is 6.53. The van der Waals surface area contributed by atoms with Crippen LogP contribution < -0.4 is 19.7 Å². The lowest BCUT2D eigenvalue weighted by atomic mass is 9.97. The fourth-order valence-electron chi connectivity index (χ4n) is 4.34. The molecule has 0 aliphatic carbocycles. The zero-order valence-corrected chi connectivity index (χ0v) is 19.0. The van der Waals surface area contributed by atoms with E-state index in [4.69, 9.17) is 9.47 Å². The van der Waals surface area contributed by atoms with Crippen LogP contribution in [0.3, 0.4) is 0 Å². The van der Waals surface area contributed by atoms with Crippen LogP contribution in [0.4, 0.5) is 10.5 Å². The summed E-state index contributed by atoms with van der Waals surface area (Å²) in [6.07, 6.45) is 1.52. The largest absolute Gasteiger partial charge is 0.497 e. The summed E-state index contributed by atoms with van der Waals surface area (Å²) < 4.78 is 11.1. The van der Waals surface area contributed by atoms with E-state index >= 15 is 0 Å². The van der Waals surface area contributed by atoms with Gasteiger partial charge in [-0.2, -0.15) is 0 Å². The molecule has 2 aliphatic heterocycles. The van der Waals surface area contributed by atoms with Crippen LogP contribution in [0.2, 0.25) is 0 Å². The van der Waals surface area contributed by atoms with Crippen molar-refractivity contribution in [3.05, 3.63) is 53.6 Å². The molecule has 1 N–H and O–H groups in total. The van der Waals surface area contributed by atoms with E-state index in [2.05, 4.69) is 5.32 Å². The van der Waals surface area contributed by atoms with Crippen molar-refractivity contribution in [2.24, 2.45) is 5.92 Å². The Balaban J connectivity index is 1.39. The number of piperidine rings is 1. The number of urea groups is 1. The molecule has 0 aromatic heterocycles. The van der Waals surface area contributed by atoms with Crippen LogP contribution in [-0.2, 0) is 11.3 Å². The minimum absolute atomic E-state index is 0.00934. The number of carbonyl (C=O) groups is 2. The quantitative estimate of drug-likeness (QED) is 0.791. The molecule has 0 radical (unpaired) electrons. The maximum absolute atomic E-state index is 13.4. The average Bonchev–Trinajstić information content (AvgIpc) is 2.82. The zero-order valence-electron chi connectivity index (χ0n) is 19.0. The highest BCUT2D eigenvalue weighted by Crippen LogP contribution is 2.35. The molecular formula is C25H31N3O4. The summed E-state index contributed by atoms with van der Waals surface area (Å²) in [4.78, 5) is 29.9. The summed E-state index contributed by atoms with van der Waals surface area (Å²) in [5.74, 6) is 1.30. The molecule has 2 aromatic rings. The van der Waals surface area contributed by atoms with E-state index in [0.29, 0.717) is 26.2 Å². The Morgan fingerprint density at radius 3 is 2.69 bits per heavy atom. The van der Waals surface area contributed by atoms with Crippen LogP contribution in [0.25, 0.3) is 0 Å². The van der Waals surface area contributed by atoms with E-state index in [9.17, 15) is 9.59 Å². The molecule has 1 fully saturated rings. The first-order chi connectivity index (χ1) is 15.4. The Morgan fingerprint density at radius 2 is 1.94 bits per heavy atom. The number of hydrogen-bond acceptors (Lipinski definition) is 4. The lowest BCUT2D eigenvalue weighted by Crippen LogP contribution is -2.53. The van der Waals surface area contributed by atoms with Crippen LogP contribution in [0.5, 0.6) is 11.5 Å². The van der Waals surface area contributed by atoms with Crippen molar-refractivity contribution in [3.63, 3.8) is 0 Å². The smallest absolute Gasteiger partial charge is 0.324 e. The fourth-order valence-corrected chi connectivity index (χ4v) is 4.34. The van der Waals surface area contributed by atoms with E-state index in [0.717, 1.165) is 41.2 Å². The summed E-state index contributed by atoms with van der Waals surface area (Å²) >= 11 is 0. The van der Waals surface area contributed by atoms with Gasteiger partial charge in [0.2, 0.25) is 5.91 Å². The molecular weight excluding hydrogens is 406 g/mol. The predicted molar refractivity (Wildman–Crippen MR) is 123 cm³/mol. The maximum atomic E-state index is 13.4. The zero-order chi connectivity index (χ0) is 22.7. The lowest BCUT2D eigenvalue weighted by Gasteiger charge is -2.39. The summed E-state index contributed by atoms with van der Waals surface area (Å²) in [5.41, 5.74) is 2.89. The molecule has 3 amide bonds. The van der Waals surface area contributed by atoms with E-state index in [1.54, 1.807) is 12.0 Å². The number of rotatable bonds is 4. The first-order valence-electron chi connectivity index (χ1n) is 11.2. The first kappa shape index (κ1) is 22.0. The first-order valence-corrected chi connectivity index (χ1v) is 11.2. The number of hydrogen-bond donors (Lipinski definition) is 1. The topological polar surface area (TPSA) is 71.1 Å². The molecule has 4 rings (SSSR count). The van der Waals surface area contributed by atoms with E-state index in [-0.39, 0.29) is 24.0 Å². The van der Waals surface area contributed by atoms with Crippen molar-refractivity contribution in [2.45, 2.75) is 39.3 Å². The van der Waals surface area contributed by atoms with Gasteiger partial charge >= 0.3 is 6.03 Å². The molecule has 2 atom stereocenters. The monoisotopic (exact) mass is 437 g/mol. The van der Waals surface area contributed by atoms with Crippen molar-refractivity contribution in [1.82, 2.24) is 10.2 Å². The van der Waals surface area contributed by atoms with Gasteiger partial charge in [-0.1, -0.05) is 18.2 Å². The van der Waals surface area contributed by atoms with Gasteiger partial charge in [0.1, 0.15) is 17.6 Å². The van der Waals surface area contributed by atoms with Gasteiger partial charge in [0.15, 0.2) is 0 Å². The molecule has 0 spiro atoms.